The van der Waals surface area contributed by atoms with Gasteiger partial charge in [0, 0.05) is 19.3 Å². The number of nitrogens with one attached hydrogen (secondary N) is 1. The summed E-state index contributed by atoms with van der Waals surface area (Å²) < 4.78 is 41.6. The Morgan fingerprint density at radius 2 is 2.04 bits per heavy atom. The normalized spacial score (nSPS) is 12.9. The molecule has 1 rings (SSSR count). The lowest BCUT2D eigenvalue weighted by Crippen LogP contribution is -2.43. The molecule has 10 heteroatoms. The average Bonchev–Trinajstić information content (AvgIpc) is 2.84. The van der Waals surface area contributed by atoms with Crippen LogP contribution in [0.15, 0.2) is 4.52 Å². The van der Waals surface area contributed by atoms with Crippen LogP contribution in [0.4, 0.5) is 13.2 Å². The number of halogens is 3. The first kappa shape index (κ1) is 18.9. The van der Waals surface area contributed by atoms with Gasteiger partial charge in [0.25, 0.3) is 0 Å². The first-order valence-corrected chi connectivity index (χ1v) is 7.11. The van der Waals surface area contributed by atoms with E-state index in [0.29, 0.717) is 24.6 Å². The van der Waals surface area contributed by atoms with Crippen molar-refractivity contribution in [2.24, 2.45) is 0 Å². The van der Waals surface area contributed by atoms with Crippen molar-refractivity contribution in [3.8, 4) is 0 Å². The maximum Gasteiger partial charge on any atom is 0.391 e. The summed E-state index contributed by atoms with van der Waals surface area (Å²) in [4.78, 5) is 26.3. The summed E-state index contributed by atoms with van der Waals surface area (Å²) in [7, 11) is 0. The van der Waals surface area contributed by atoms with Crippen molar-refractivity contribution in [3.63, 3.8) is 0 Å². The molecule has 23 heavy (non-hydrogen) atoms. The highest BCUT2D eigenvalue weighted by molar-refractivity contribution is 5.83. The van der Waals surface area contributed by atoms with Gasteiger partial charge >= 0.3 is 12.1 Å². The van der Waals surface area contributed by atoms with E-state index in [1.165, 1.54) is 0 Å². The van der Waals surface area contributed by atoms with Crippen molar-refractivity contribution >= 4 is 11.9 Å². The molecule has 0 aliphatic heterocycles. The van der Waals surface area contributed by atoms with Gasteiger partial charge in [-0.15, -0.1) is 0 Å². The molecule has 130 valence electrons. The van der Waals surface area contributed by atoms with Gasteiger partial charge in [-0.05, 0) is 12.8 Å². The summed E-state index contributed by atoms with van der Waals surface area (Å²) in [5.74, 6) is -1.60. The second-order valence-electron chi connectivity index (χ2n) is 4.99. The lowest BCUT2D eigenvalue weighted by atomic mass is 10.1. The lowest BCUT2D eigenvalue weighted by Gasteiger charge is -2.16. The van der Waals surface area contributed by atoms with Crippen LogP contribution in [-0.2, 0) is 22.4 Å². The Balaban J connectivity index is 2.38. The highest BCUT2D eigenvalue weighted by atomic mass is 19.4. The minimum absolute atomic E-state index is 0.132. The van der Waals surface area contributed by atoms with E-state index in [2.05, 4.69) is 10.1 Å². The molecule has 0 bridgehead atoms. The van der Waals surface area contributed by atoms with Gasteiger partial charge in [0.1, 0.15) is 6.04 Å². The Morgan fingerprint density at radius 3 is 2.61 bits per heavy atom. The number of alkyl halides is 3. The number of aliphatic carboxylic acids is 1. The molecule has 1 atom stereocenters. The van der Waals surface area contributed by atoms with Crippen molar-refractivity contribution in [1.29, 1.82) is 0 Å². The molecule has 1 amide bonds. The third kappa shape index (κ3) is 7.61. The molecular formula is C13H18F3N3O4. The van der Waals surface area contributed by atoms with Crippen LogP contribution in [0.25, 0.3) is 0 Å². The highest BCUT2D eigenvalue weighted by Crippen LogP contribution is 2.21. The van der Waals surface area contributed by atoms with E-state index < -0.39 is 30.5 Å². The predicted molar refractivity (Wildman–Crippen MR) is 71.5 cm³/mol. The zero-order chi connectivity index (χ0) is 17.5. The topological polar surface area (TPSA) is 105 Å². The molecular weight excluding hydrogens is 319 g/mol. The van der Waals surface area contributed by atoms with Gasteiger partial charge in [0.2, 0.25) is 11.8 Å². The summed E-state index contributed by atoms with van der Waals surface area (Å²) >= 11 is 0. The summed E-state index contributed by atoms with van der Waals surface area (Å²) in [6, 6.07) is -1.98. The summed E-state index contributed by atoms with van der Waals surface area (Å²) in [5, 5.41) is 14.3. The summed E-state index contributed by atoms with van der Waals surface area (Å²) in [5.41, 5.74) is 0. The molecule has 1 unspecified atom stereocenters. The van der Waals surface area contributed by atoms with E-state index in [4.69, 9.17) is 9.63 Å². The Hall–Kier alpha value is -2.13. The number of carboxylic acid groups (broad SMARTS) is 1. The molecule has 7 nitrogen and oxygen atoms in total. The van der Waals surface area contributed by atoms with E-state index in [9.17, 15) is 22.8 Å². The van der Waals surface area contributed by atoms with E-state index in [0.717, 1.165) is 6.42 Å². The maximum absolute atomic E-state index is 12.2. The number of aryl methyl sites for hydroxylation is 2. The monoisotopic (exact) mass is 337 g/mol. The third-order valence-electron chi connectivity index (χ3n) is 2.85. The molecule has 1 aromatic heterocycles. The molecule has 0 spiro atoms. The molecule has 0 saturated carbocycles. The van der Waals surface area contributed by atoms with Crippen molar-refractivity contribution in [1.82, 2.24) is 15.5 Å². The Morgan fingerprint density at radius 1 is 1.35 bits per heavy atom. The van der Waals surface area contributed by atoms with Crippen LogP contribution in [0, 0.1) is 0 Å². The number of hydrogen-bond donors (Lipinski definition) is 2. The Bertz CT molecular complexity index is 531. The second kappa shape index (κ2) is 8.49. The largest absolute Gasteiger partial charge is 0.480 e. The highest BCUT2D eigenvalue weighted by Gasteiger charge is 2.36. The first-order chi connectivity index (χ1) is 10.7. The number of rotatable bonds is 9. The van der Waals surface area contributed by atoms with Gasteiger partial charge in [0.05, 0.1) is 6.42 Å². The molecule has 0 aliphatic carbocycles. The van der Waals surface area contributed by atoms with Crippen LogP contribution in [0.2, 0.25) is 0 Å². The predicted octanol–water partition coefficient (Wildman–Crippen LogP) is 1.87. The van der Waals surface area contributed by atoms with Crippen LogP contribution in [-0.4, -0.2) is 39.3 Å². The minimum Gasteiger partial charge on any atom is -0.480 e. The quantitative estimate of drug-likeness (QED) is 0.712. The van der Waals surface area contributed by atoms with Crippen molar-refractivity contribution in [2.45, 2.75) is 57.7 Å². The number of amides is 1. The smallest absolute Gasteiger partial charge is 0.391 e. The van der Waals surface area contributed by atoms with Crippen molar-refractivity contribution < 1.29 is 32.4 Å². The number of carbonyl (C=O) groups is 2. The maximum atomic E-state index is 12.2. The van der Waals surface area contributed by atoms with Gasteiger partial charge < -0.3 is 14.9 Å². The number of aromatic nitrogens is 2. The summed E-state index contributed by atoms with van der Waals surface area (Å²) in [6.45, 7) is 1.96. The van der Waals surface area contributed by atoms with Crippen LogP contribution in [0.3, 0.4) is 0 Å². The van der Waals surface area contributed by atoms with E-state index in [1.807, 2.05) is 12.2 Å². The van der Waals surface area contributed by atoms with E-state index in [-0.39, 0.29) is 12.8 Å². The van der Waals surface area contributed by atoms with Gasteiger partial charge in [-0.1, -0.05) is 12.1 Å². The van der Waals surface area contributed by atoms with Gasteiger partial charge in [0.15, 0.2) is 5.82 Å². The Labute approximate surface area is 130 Å². The van der Waals surface area contributed by atoms with E-state index >= 15 is 0 Å². The molecule has 0 aromatic carbocycles. The molecule has 1 heterocycles. The third-order valence-corrected chi connectivity index (χ3v) is 2.85. The van der Waals surface area contributed by atoms with Gasteiger partial charge in [-0.25, -0.2) is 4.79 Å². The molecule has 0 radical (unpaired) electrons. The second-order valence-corrected chi connectivity index (χ2v) is 4.99. The fraction of sp³-hybridized carbons (Fsp3) is 0.692. The lowest BCUT2D eigenvalue weighted by molar-refractivity contribution is -0.160. The zero-order valence-corrected chi connectivity index (χ0v) is 12.5. The SMILES string of the molecule is CCCc1noc(CCCC(=O)NC(CC(F)(F)F)C(=O)O)n1. The molecule has 2 N–H and O–H groups in total. The minimum atomic E-state index is -4.67. The van der Waals surface area contributed by atoms with Crippen molar-refractivity contribution in [3.05, 3.63) is 11.7 Å². The molecule has 0 saturated heterocycles. The molecule has 1 aromatic rings. The number of nitrogens with zero attached hydrogens (tertiary/aromatic N) is 2. The molecule has 0 fully saturated rings. The van der Waals surface area contributed by atoms with Crippen LogP contribution in [0.1, 0.15) is 44.3 Å². The van der Waals surface area contributed by atoms with Crippen LogP contribution >= 0.6 is 0 Å². The number of carboxylic acids is 1. The zero-order valence-electron chi connectivity index (χ0n) is 12.5. The van der Waals surface area contributed by atoms with E-state index in [1.54, 1.807) is 0 Å². The number of hydrogen-bond acceptors (Lipinski definition) is 5. The van der Waals surface area contributed by atoms with Crippen LogP contribution in [0.5, 0.6) is 0 Å². The standard InChI is InChI=1S/C13H18F3N3O4/c1-2-4-9-18-11(23-19-9)6-3-5-10(20)17-8(12(21)22)7-13(14,15)16/h8H,2-7H2,1H3,(H,17,20)(H,21,22). The first-order valence-electron chi connectivity index (χ1n) is 7.11. The number of carbonyl (C=O) groups excluding carboxylic acids is 1. The fourth-order valence-electron chi connectivity index (χ4n) is 1.82. The van der Waals surface area contributed by atoms with Crippen LogP contribution < -0.4 is 5.32 Å². The molecule has 0 aliphatic rings. The fourth-order valence-corrected chi connectivity index (χ4v) is 1.82. The van der Waals surface area contributed by atoms with Crippen molar-refractivity contribution in [2.75, 3.05) is 0 Å². The average molecular weight is 337 g/mol. The summed E-state index contributed by atoms with van der Waals surface area (Å²) in [6.07, 6.45) is -4.33. The van der Waals surface area contributed by atoms with Gasteiger partial charge in [-0.2, -0.15) is 18.2 Å². The van der Waals surface area contributed by atoms with Gasteiger partial charge in [-0.3, -0.25) is 4.79 Å². The Kier molecular flexibility index (Phi) is 6.98.